The summed E-state index contributed by atoms with van der Waals surface area (Å²) in [4.78, 5) is 83.4. The van der Waals surface area contributed by atoms with Gasteiger partial charge in [-0.2, -0.15) is 0 Å². The number of hydrogen-bond acceptors (Lipinski definition) is 16. The van der Waals surface area contributed by atoms with Gasteiger partial charge in [0.2, 0.25) is 0 Å². The van der Waals surface area contributed by atoms with Crippen molar-refractivity contribution in [3.8, 4) is 0 Å². The minimum absolute atomic E-state index is 0.0502. The largest absolute Gasteiger partial charge is 0.459 e. The van der Waals surface area contributed by atoms with Gasteiger partial charge in [-0.3, -0.25) is 0 Å². The molecule has 16 nitrogen and oxygen atoms in total. The van der Waals surface area contributed by atoms with Crippen LogP contribution in [0.5, 0.6) is 0 Å². The lowest BCUT2D eigenvalue weighted by Crippen LogP contribution is -2.66. The van der Waals surface area contributed by atoms with E-state index in [0.29, 0.717) is 0 Å². The summed E-state index contributed by atoms with van der Waals surface area (Å²) >= 11 is 0. The molecule has 8 rings (SSSR count). The summed E-state index contributed by atoms with van der Waals surface area (Å²) in [5.74, 6) is -6.25. The normalized spacial score (nSPS) is 23.7. The fourth-order valence-electron chi connectivity index (χ4n) is 7.90. The first-order valence-corrected chi connectivity index (χ1v) is 22.7. The van der Waals surface area contributed by atoms with Crippen molar-refractivity contribution in [2.45, 2.75) is 62.2 Å². The Morgan fingerprint density at radius 3 is 1.04 bits per heavy atom. The lowest BCUT2D eigenvalue weighted by molar-refractivity contribution is -0.346. The summed E-state index contributed by atoms with van der Waals surface area (Å²) in [5, 5.41) is 11.4. The molecule has 16 heteroatoms. The summed E-state index contributed by atoms with van der Waals surface area (Å²) in [6.07, 6.45) is -14.9. The van der Waals surface area contributed by atoms with E-state index in [1.807, 2.05) is 0 Å². The molecule has 1 N–H and O–H groups in total. The highest BCUT2D eigenvalue weighted by Gasteiger charge is 2.57. The molecular weight excluding hydrogens is 917 g/mol. The Bertz CT molecular complexity index is 2730. The molecule has 364 valence electrons. The molecular formula is C55H48O16. The third kappa shape index (κ3) is 12.4. The number of aliphatic hydroxyl groups is 1. The lowest BCUT2D eigenvalue weighted by atomic mass is 9.91. The van der Waals surface area contributed by atoms with Crippen LogP contribution in [0.3, 0.4) is 0 Å². The van der Waals surface area contributed by atoms with Crippen molar-refractivity contribution in [1.29, 1.82) is 0 Å². The topological polar surface area (TPSA) is 206 Å². The minimum atomic E-state index is -1.90. The summed E-state index contributed by atoms with van der Waals surface area (Å²) in [6.45, 7) is 0.268. The molecule has 0 bridgehead atoms. The van der Waals surface area contributed by atoms with Gasteiger partial charge >= 0.3 is 35.8 Å². The van der Waals surface area contributed by atoms with E-state index >= 15 is 0 Å². The van der Waals surface area contributed by atoms with Crippen LogP contribution in [0.2, 0.25) is 0 Å². The SMILES string of the molecule is CC1C(O)OC(COC(=O)c2ccccc2)C(OC2OC(COC(=O)c3ccccc3)C(OC(=O)c3ccccc3)C(OC(=O)c3ccccc3)C2OC(=O)c2ccccc2)C1OC(=O)c1ccccc1. The van der Waals surface area contributed by atoms with E-state index in [1.54, 1.807) is 109 Å². The Morgan fingerprint density at radius 1 is 0.380 bits per heavy atom. The molecule has 10 atom stereocenters. The van der Waals surface area contributed by atoms with Gasteiger partial charge in [-0.15, -0.1) is 0 Å². The van der Waals surface area contributed by atoms with Gasteiger partial charge < -0.3 is 47.7 Å². The molecule has 2 fully saturated rings. The number of carbonyl (C=O) groups is 6. The summed E-state index contributed by atoms with van der Waals surface area (Å²) in [5.41, 5.74) is 0.692. The maximum absolute atomic E-state index is 14.3. The van der Waals surface area contributed by atoms with Gasteiger partial charge in [-0.1, -0.05) is 116 Å². The van der Waals surface area contributed by atoms with Crippen molar-refractivity contribution in [3.63, 3.8) is 0 Å². The zero-order valence-corrected chi connectivity index (χ0v) is 38.1. The standard InChI is InChI=1S/C55H48O16/c1-34-43(67-51(59)37-24-12-4-13-25-37)44(41(65-48(34)56)32-63-49(57)35-20-8-2-9-21-35)71-55-47(70-54(62)40-30-18-7-19-31-40)46(69-53(61)39-28-16-6-17-29-39)45(68-52(60)38-26-14-5-15-27-38)42(66-55)33-64-50(58)36-22-10-3-11-23-36/h2-31,34,41-48,55-56H,32-33H2,1H3. The Morgan fingerprint density at radius 2 is 0.676 bits per heavy atom. The Kier molecular flexibility index (Phi) is 16.4. The van der Waals surface area contributed by atoms with Crippen LogP contribution in [-0.2, 0) is 42.6 Å². The second kappa shape index (κ2) is 23.5. The molecule has 2 aliphatic heterocycles. The summed E-state index contributed by atoms with van der Waals surface area (Å²) in [6, 6.07) is 47.6. The summed E-state index contributed by atoms with van der Waals surface area (Å²) < 4.78 is 55.7. The van der Waals surface area contributed by atoms with Crippen LogP contribution in [0.25, 0.3) is 0 Å². The number of rotatable bonds is 16. The second-order valence-electron chi connectivity index (χ2n) is 16.4. The molecule has 0 aliphatic carbocycles. The van der Waals surface area contributed by atoms with Crippen LogP contribution < -0.4 is 0 Å². The maximum atomic E-state index is 14.3. The average molecular weight is 965 g/mol. The van der Waals surface area contributed by atoms with Gasteiger partial charge in [-0.05, 0) is 72.8 Å². The van der Waals surface area contributed by atoms with Crippen LogP contribution in [0.4, 0.5) is 0 Å². The van der Waals surface area contributed by atoms with Gasteiger partial charge in [0.1, 0.15) is 37.6 Å². The minimum Gasteiger partial charge on any atom is -0.459 e. The molecule has 6 aromatic rings. The second-order valence-corrected chi connectivity index (χ2v) is 16.4. The lowest BCUT2D eigenvalue weighted by Gasteiger charge is -2.48. The first-order chi connectivity index (χ1) is 34.5. The number of hydrogen-bond donors (Lipinski definition) is 1. The molecule has 6 aromatic carbocycles. The van der Waals surface area contributed by atoms with Crippen molar-refractivity contribution in [2.24, 2.45) is 5.92 Å². The van der Waals surface area contributed by atoms with Crippen molar-refractivity contribution in [2.75, 3.05) is 13.2 Å². The predicted molar refractivity (Wildman–Crippen MR) is 250 cm³/mol. The van der Waals surface area contributed by atoms with Crippen LogP contribution >= 0.6 is 0 Å². The van der Waals surface area contributed by atoms with E-state index in [-0.39, 0.29) is 33.4 Å². The van der Waals surface area contributed by atoms with Gasteiger partial charge in [0.05, 0.1) is 33.4 Å². The number of benzene rings is 6. The van der Waals surface area contributed by atoms with Gasteiger partial charge in [0.15, 0.2) is 30.9 Å². The monoisotopic (exact) mass is 964 g/mol. The van der Waals surface area contributed by atoms with E-state index in [1.165, 1.54) is 79.7 Å². The Hall–Kier alpha value is -8.02. The third-order valence-electron chi connectivity index (χ3n) is 11.6. The van der Waals surface area contributed by atoms with E-state index < -0.39 is 110 Å². The van der Waals surface area contributed by atoms with Gasteiger partial charge in [0.25, 0.3) is 0 Å². The number of aliphatic hydroxyl groups excluding tert-OH is 1. The highest BCUT2D eigenvalue weighted by atomic mass is 16.8. The van der Waals surface area contributed by atoms with Crippen molar-refractivity contribution < 1.29 is 76.5 Å². The van der Waals surface area contributed by atoms with Crippen molar-refractivity contribution in [3.05, 3.63) is 215 Å². The highest BCUT2D eigenvalue weighted by Crippen LogP contribution is 2.37. The quantitative estimate of drug-likeness (QED) is 0.0761. The van der Waals surface area contributed by atoms with Crippen molar-refractivity contribution >= 4 is 35.8 Å². The van der Waals surface area contributed by atoms with Crippen LogP contribution in [0, 0.1) is 5.92 Å². The molecule has 10 unspecified atom stereocenters. The molecule has 0 spiro atoms. The van der Waals surface area contributed by atoms with E-state index in [4.69, 9.17) is 42.6 Å². The zero-order chi connectivity index (χ0) is 49.7. The smallest absolute Gasteiger partial charge is 0.338 e. The van der Waals surface area contributed by atoms with Crippen LogP contribution in [0.15, 0.2) is 182 Å². The number of esters is 6. The fraction of sp³-hybridized carbons (Fsp3) is 0.236. The molecule has 0 radical (unpaired) electrons. The van der Waals surface area contributed by atoms with Gasteiger partial charge in [0, 0.05) is 5.92 Å². The van der Waals surface area contributed by atoms with Crippen LogP contribution in [-0.4, -0.2) is 109 Å². The molecule has 2 heterocycles. The van der Waals surface area contributed by atoms with E-state index in [2.05, 4.69) is 0 Å². The molecule has 2 saturated heterocycles. The van der Waals surface area contributed by atoms with Crippen molar-refractivity contribution in [1.82, 2.24) is 0 Å². The first kappa shape index (κ1) is 49.4. The molecule has 0 aromatic heterocycles. The Labute approximate surface area is 407 Å². The van der Waals surface area contributed by atoms with E-state index in [0.717, 1.165) is 0 Å². The predicted octanol–water partition coefficient (Wildman–Crippen LogP) is 7.07. The Balaban J connectivity index is 1.23. The fourth-order valence-corrected chi connectivity index (χ4v) is 7.90. The average Bonchev–Trinajstić information content (AvgIpc) is 3.42. The molecule has 0 amide bonds. The highest BCUT2D eigenvalue weighted by molar-refractivity contribution is 5.92. The van der Waals surface area contributed by atoms with Gasteiger partial charge in [-0.25, -0.2) is 28.8 Å². The zero-order valence-electron chi connectivity index (χ0n) is 38.1. The van der Waals surface area contributed by atoms with Crippen LogP contribution in [0.1, 0.15) is 69.1 Å². The summed E-state index contributed by atoms with van der Waals surface area (Å²) in [7, 11) is 0. The first-order valence-electron chi connectivity index (χ1n) is 22.7. The molecule has 71 heavy (non-hydrogen) atoms. The van der Waals surface area contributed by atoms with E-state index in [9.17, 15) is 33.9 Å². The maximum Gasteiger partial charge on any atom is 0.338 e. The third-order valence-corrected chi connectivity index (χ3v) is 11.6. The number of ether oxygens (including phenoxy) is 9. The molecule has 2 aliphatic rings. The molecule has 0 saturated carbocycles. The number of carbonyl (C=O) groups excluding carboxylic acids is 6.